The Labute approximate surface area is 119 Å². The summed E-state index contributed by atoms with van der Waals surface area (Å²) in [5.41, 5.74) is 0. The van der Waals surface area contributed by atoms with Gasteiger partial charge in [0.1, 0.15) is 12.2 Å². The lowest BCUT2D eigenvalue weighted by Crippen LogP contribution is -2.38. The predicted octanol–water partition coefficient (Wildman–Crippen LogP) is 2.89. The van der Waals surface area contributed by atoms with Crippen LogP contribution in [0.1, 0.15) is 40.8 Å². The van der Waals surface area contributed by atoms with Crippen molar-refractivity contribution >= 4 is 28.8 Å². The minimum Gasteiger partial charge on any atom is -0.328 e. The fourth-order valence-electron chi connectivity index (χ4n) is 2.41. The molecule has 7 heteroatoms. The summed E-state index contributed by atoms with van der Waals surface area (Å²) in [6.45, 7) is 0.750. The topological polar surface area (TPSA) is 61.9 Å². The number of nitrogens with zero attached hydrogens (tertiary/aromatic N) is 3. The maximum Gasteiger partial charge on any atom is 0.264 e. The number of H-pyrrole nitrogens is 1. The van der Waals surface area contributed by atoms with Crippen molar-refractivity contribution in [1.29, 1.82) is 0 Å². The van der Waals surface area contributed by atoms with Crippen molar-refractivity contribution in [3.05, 3.63) is 33.5 Å². The Morgan fingerprint density at radius 1 is 1.47 bits per heavy atom. The van der Waals surface area contributed by atoms with Gasteiger partial charge in [0.25, 0.3) is 5.91 Å². The lowest BCUT2D eigenvalue weighted by molar-refractivity contribution is 0.0605. The molecule has 0 saturated carbocycles. The molecule has 3 rings (SSSR count). The summed E-state index contributed by atoms with van der Waals surface area (Å²) in [5, 5.41) is 6.75. The van der Waals surface area contributed by atoms with Crippen LogP contribution >= 0.6 is 22.9 Å². The van der Waals surface area contributed by atoms with E-state index in [4.69, 9.17) is 11.6 Å². The highest BCUT2D eigenvalue weighted by Gasteiger charge is 2.31. The number of aromatic nitrogens is 3. The maximum atomic E-state index is 12.5. The zero-order valence-electron chi connectivity index (χ0n) is 10.2. The van der Waals surface area contributed by atoms with Gasteiger partial charge in [-0.25, -0.2) is 4.98 Å². The van der Waals surface area contributed by atoms with Crippen LogP contribution in [0.15, 0.2) is 18.5 Å². The number of likely N-dealkylation sites (tertiary alicyclic amines) is 1. The summed E-state index contributed by atoms with van der Waals surface area (Å²) in [6.07, 6.45) is 4.52. The van der Waals surface area contributed by atoms with E-state index in [1.807, 2.05) is 4.90 Å². The van der Waals surface area contributed by atoms with E-state index >= 15 is 0 Å². The molecule has 1 aliphatic heterocycles. The molecular formula is C12H13ClN4OS. The summed E-state index contributed by atoms with van der Waals surface area (Å²) in [7, 11) is 0. The van der Waals surface area contributed by atoms with E-state index in [9.17, 15) is 4.79 Å². The number of carbonyl (C=O) groups excluding carboxylic acids is 1. The molecule has 2 aromatic rings. The predicted molar refractivity (Wildman–Crippen MR) is 73.3 cm³/mol. The average molecular weight is 297 g/mol. The highest BCUT2D eigenvalue weighted by atomic mass is 35.5. The number of piperidine rings is 1. The van der Waals surface area contributed by atoms with Gasteiger partial charge < -0.3 is 4.90 Å². The second-order valence-corrected chi connectivity index (χ2v) is 6.20. The minimum absolute atomic E-state index is 0.00961. The van der Waals surface area contributed by atoms with Crippen LogP contribution in [-0.4, -0.2) is 32.5 Å². The standard InChI is InChI=1S/C12H13ClN4OS/c13-10-5-4-9(19-10)12(18)17-6-2-1-3-8(17)11-14-7-15-16-11/h4-5,7-8H,1-3,6H2,(H,14,15,16). The third kappa shape index (κ3) is 2.50. The first-order valence-electron chi connectivity index (χ1n) is 6.17. The lowest BCUT2D eigenvalue weighted by atomic mass is 10.0. The van der Waals surface area contributed by atoms with Crippen LogP contribution < -0.4 is 0 Å². The first-order valence-corrected chi connectivity index (χ1v) is 7.37. The van der Waals surface area contributed by atoms with Gasteiger partial charge in [-0.1, -0.05) is 11.6 Å². The molecule has 0 aromatic carbocycles. The first-order chi connectivity index (χ1) is 9.25. The number of thiophene rings is 1. The van der Waals surface area contributed by atoms with Gasteiger partial charge in [0.05, 0.1) is 15.3 Å². The summed E-state index contributed by atoms with van der Waals surface area (Å²) in [4.78, 5) is 19.3. The van der Waals surface area contributed by atoms with Crippen LogP contribution in [0.3, 0.4) is 0 Å². The van der Waals surface area contributed by atoms with Gasteiger partial charge in [0, 0.05) is 6.54 Å². The number of carbonyl (C=O) groups is 1. The molecule has 100 valence electrons. The number of halogens is 1. The van der Waals surface area contributed by atoms with Crippen LogP contribution in [-0.2, 0) is 0 Å². The van der Waals surface area contributed by atoms with Gasteiger partial charge in [0.15, 0.2) is 0 Å². The van der Waals surface area contributed by atoms with Gasteiger partial charge in [-0.2, -0.15) is 5.10 Å². The van der Waals surface area contributed by atoms with Gasteiger partial charge in [-0.05, 0) is 31.4 Å². The molecular weight excluding hydrogens is 284 g/mol. The van der Waals surface area contributed by atoms with Crippen molar-refractivity contribution in [3.8, 4) is 0 Å². The van der Waals surface area contributed by atoms with E-state index in [2.05, 4.69) is 15.2 Å². The summed E-state index contributed by atoms with van der Waals surface area (Å²) < 4.78 is 0.636. The fraction of sp³-hybridized carbons (Fsp3) is 0.417. The molecule has 3 heterocycles. The van der Waals surface area contributed by atoms with E-state index in [0.717, 1.165) is 31.6 Å². The number of aromatic amines is 1. The Kier molecular flexibility index (Phi) is 3.52. The highest BCUT2D eigenvalue weighted by molar-refractivity contribution is 7.17. The van der Waals surface area contributed by atoms with Crippen molar-refractivity contribution in [3.63, 3.8) is 0 Å². The molecule has 1 amide bonds. The second kappa shape index (κ2) is 5.30. The average Bonchev–Trinajstić information content (AvgIpc) is 3.09. The van der Waals surface area contributed by atoms with Crippen molar-refractivity contribution in [1.82, 2.24) is 20.1 Å². The van der Waals surface area contributed by atoms with Crippen molar-refractivity contribution in [2.75, 3.05) is 6.54 Å². The molecule has 1 fully saturated rings. The monoisotopic (exact) mass is 296 g/mol. The maximum absolute atomic E-state index is 12.5. The van der Waals surface area contributed by atoms with Crippen LogP contribution in [0.4, 0.5) is 0 Å². The Hall–Kier alpha value is -1.40. The number of nitrogens with one attached hydrogen (secondary N) is 1. The van der Waals surface area contributed by atoms with Crippen LogP contribution in [0.5, 0.6) is 0 Å². The molecule has 1 atom stereocenters. The fourth-order valence-corrected chi connectivity index (χ4v) is 3.40. The Morgan fingerprint density at radius 2 is 2.37 bits per heavy atom. The molecule has 0 bridgehead atoms. The summed E-state index contributed by atoms with van der Waals surface area (Å²) in [6, 6.07) is 3.53. The highest BCUT2D eigenvalue weighted by Crippen LogP contribution is 2.32. The van der Waals surface area contributed by atoms with Crippen molar-refractivity contribution in [2.24, 2.45) is 0 Å². The molecule has 1 N–H and O–H groups in total. The molecule has 0 spiro atoms. The summed E-state index contributed by atoms with van der Waals surface area (Å²) in [5.74, 6) is 0.786. The van der Waals surface area contributed by atoms with Crippen LogP contribution in [0.2, 0.25) is 4.34 Å². The van der Waals surface area contributed by atoms with Gasteiger partial charge >= 0.3 is 0 Å². The van der Waals surface area contributed by atoms with Crippen LogP contribution in [0.25, 0.3) is 0 Å². The normalized spacial score (nSPS) is 19.6. The molecule has 1 saturated heterocycles. The molecule has 1 unspecified atom stereocenters. The van der Waals surface area contributed by atoms with Gasteiger partial charge in [-0.15, -0.1) is 11.3 Å². The summed E-state index contributed by atoms with van der Waals surface area (Å²) >= 11 is 7.22. The Balaban J connectivity index is 1.86. The lowest BCUT2D eigenvalue weighted by Gasteiger charge is -2.34. The number of amides is 1. The minimum atomic E-state index is -0.00961. The largest absolute Gasteiger partial charge is 0.328 e. The second-order valence-electron chi connectivity index (χ2n) is 4.48. The van der Waals surface area contributed by atoms with E-state index in [1.165, 1.54) is 17.7 Å². The number of hydrogen-bond acceptors (Lipinski definition) is 4. The van der Waals surface area contributed by atoms with E-state index in [1.54, 1.807) is 12.1 Å². The molecule has 0 radical (unpaired) electrons. The third-order valence-electron chi connectivity index (χ3n) is 3.30. The molecule has 0 aliphatic carbocycles. The van der Waals surface area contributed by atoms with Crippen molar-refractivity contribution in [2.45, 2.75) is 25.3 Å². The SMILES string of the molecule is O=C(c1ccc(Cl)s1)N1CCCCC1c1ncn[nH]1. The molecule has 19 heavy (non-hydrogen) atoms. The zero-order valence-corrected chi connectivity index (χ0v) is 11.7. The molecule has 2 aromatic heterocycles. The van der Waals surface area contributed by atoms with Gasteiger partial charge in [-0.3, -0.25) is 9.89 Å². The Morgan fingerprint density at radius 3 is 3.05 bits per heavy atom. The smallest absolute Gasteiger partial charge is 0.264 e. The Bertz CT molecular complexity index is 568. The first kappa shape index (κ1) is 12.6. The number of hydrogen-bond donors (Lipinski definition) is 1. The zero-order chi connectivity index (χ0) is 13.2. The third-order valence-corrected chi connectivity index (χ3v) is 4.52. The van der Waals surface area contributed by atoms with Crippen LogP contribution in [0, 0.1) is 0 Å². The number of rotatable bonds is 2. The molecule has 1 aliphatic rings. The van der Waals surface area contributed by atoms with E-state index < -0.39 is 0 Å². The van der Waals surface area contributed by atoms with E-state index in [-0.39, 0.29) is 11.9 Å². The van der Waals surface area contributed by atoms with Gasteiger partial charge in [0.2, 0.25) is 0 Å². The molecule has 5 nitrogen and oxygen atoms in total. The quantitative estimate of drug-likeness (QED) is 0.927. The van der Waals surface area contributed by atoms with E-state index in [0.29, 0.717) is 9.21 Å². The van der Waals surface area contributed by atoms with Crippen molar-refractivity contribution < 1.29 is 4.79 Å².